The van der Waals surface area contributed by atoms with Gasteiger partial charge in [-0.3, -0.25) is 9.78 Å². The summed E-state index contributed by atoms with van der Waals surface area (Å²) in [5.41, 5.74) is 4.41. The number of anilines is 3. The Bertz CT molecular complexity index is 1030. The minimum Gasteiger partial charge on any atom is -0.373 e. The first-order valence-corrected chi connectivity index (χ1v) is 10.5. The summed E-state index contributed by atoms with van der Waals surface area (Å²) in [5, 5.41) is 9.23. The van der Waals surface area contributed by atoms with Gasteiger partial charge >= 0.3 is 0 Å². The number of amides is 1. The second kappa shape index (κ2) is 8.16. The molecule has 1 atom stereocenters. The molecule has 1 aliphatic heterocycles. The minimum absolute atomic E-state index is 0.0137. The molecule has 7 nitrogen and oxygen atoms in total. The van der Waals surface area contributed by atoms with E-state index >= 15 is 0 Å². The number of carbonyl (C=O) groups is 1. The fourth-order valence-electron chi connectivity index (χ4n) is 3.66. The number of nitrogens with zero attached hydrogens (tertiary/aromatic N) is 4. The number of nitrogens with one attached hydrogen (secondary N) is 2. The molecular weight excluding hydrogens is 384 g/mol. The molecule has 1 unspecified atom stereocenters. The lowest BCUT2D eigenvalue weighted by Crippen LogP contribution is -2.31. The summed E-state index contributed by atoms with van der Waals surface area (Å²) < 4.78 is 0. The van der Waals surface area contributed by atoms with Crippen molar-refractivity contribution in [1.29, 1.82) is 0 Å². The number of hydrogen-bond donors (Lipinski definition) is 2. The van der Waals surface area contributed by atoms with Gasteiger partial charge in [0.2, 0.25) is 0 Å². The zero-order chi connectivity index (χ0) is 20.4. The monoisotopic (exact) mass is 408 g/mol. The highest BCUT2D eigenvalue weighted by atomic mass is 32.1. The van der Waals surface area contributed by atoms with E-state index in [4.69, 9.17) is 4.98 Å². The highest BCUT2D eigenvalue weighted by molar-refractivity contribution is 7.13. The molecule has 3 aromatic heterocycles. The van der Waals surface area contributed by atoms with Gasteiger partial charge in [0.25, 0.3) is 5.91 Å². The fraction of sp³-hybridized carbons (Fsp3) is 0.333. The van der Waals surface area contributed by atoms with Crippen LogP contribution in [0.25, 0.3) is 0 Å². The van der Waals surface area contributed by atoms with Gasteiger partial charge in [-0.15, -0.1) is 11.3 Å². The molecule has 29 heavy (non-hydrogen) atoms. The van der Waals surface area contributed by atoms with Crippen LogP contribution in [0.2, 0.25) is 0 Å². The summed E-state index contributed by atoms with van der Waals surface area (Å²) >= 11 is 1.58. The Morgan fingerprint density at radius 3 is 2.83 bits per heavy atom. The Morgan fingerprint density at radius 2 is 2.07 bits per heavy atom. The third-order valence-corrected chi connectivity index (χ3v) is 5.84. The van der Waals surface area contributed by atoms with Crippen LogP contribution in [0.5, 0.6) is 0 Å². The van der Waals surface area contributed by atoms with E-state index in [1.165, 1.54) is 0 Å². The Kier molecular flexibility index (Phi) is 5.44. The predicted molar refractivity (Wildman–Crippen MR) is 116 cm³/mol. The normalized spacial score (nSPS) is 16.1. The molecular formula is C21H24N6OS. The molecule has 0 aromatic carbocycles. The summed E-state index contributed by atoms with van der Waals surface area (Å²) in [7, 11) is 1.80. The second-order valence-corrected chi connectivity index (χ2v) is 8.04. The van der Waals surface area contributed by atoms with E-state index in [-0.39, 0.29) is 11.9 Å². The van der Waals surface area contributed by atoms with Gasteiger partial charge in [0.1, 0.15) is 5.82 Å². The number of rotatable bonds is 5. The molecule has 1 aliphatic rings. The van der Waals surface area contributed by atoms with Crippen LogP contribution in [-0.2, 0) is 0 Å². The van der Waals surface area contributed by atoms with Crippen molar-refractivity contribution in [2.24, 2.45) is 0 Å². The Hall–Kier alpha value is -3.00. The van der Waals surface area contributed by atoms with E-state index in [9.17, 15) is 4.79 Å². The summed E-state index contributed by atoms with van der Waals surface area (Å²) in [5.74, 6) is 0.699. The number of likely N-dealkylation sites (tertiary alicyclic amines) is 1. The summed E-state index contributed by atoms with van der Waals surface area (Å²) in [4.78, 5) is 28.5. The lowest BCUT2D eigenvalue weighted by molar-refractivity contribution is 0.0732. The van der Waals surface area contributed by atoms with Gasteiger partial charge in [-0.25, -0.2) is 9.97 Å². The van der Waals surface area contributed by atoms with E-state index in [2.05, 4.69) is 20.6 Å². The second-order valence-electron chi connectivity index (χ2n) is 7.18. The van der Waals surface area contributed by atoms with Crippen molar-refractivity contribution in [3.63, 3.8) is 0 Å². The first-order chi connectivity index (χ1) is 14.0. The maximum Gasteiger partial charge on any atom is 0.254 e. The van der Waals surface area contributed by atoms with E-state index in [0.717, 1.165) is 47.3 Å². The van der Waals surface area contributed by atoms with Gasteiger partial charge in [-0.2, -0.15) is 0 Å². The summed E-state index contributed by atoms with van der Waals surface area (Å²) in [6.45, 7) is 4.68. The largest absolute Gasteiger partial charge is 0.373 e. The number of aromatic nitrogens is 3. The van der Waals surface area contributed by atoms with Gasteiger partial charge < -0.3 is 15.5 Å². The SMILES string of the molecule is CNc1cc(C(=O)N2CCCC2c2cc(Nc3nc(C)cs3)cc(C)n2)ccn1. The van der Waals surface area contributed by atoms with Crippen LogP contribution in [-0.4, -0.2) is 39.4 Å². The molecule has 2 N–H and O–H groups in total. The zero-order valence-electron chi connectivity index (χ0n) is 16.8. The van der Waals surface area contributed by atoms with Crippen LogP contribution in [0.15, 0.2) is 35.8 Å². The average molecular weight is 409 g/mol. The van der Waals surface area contributed by atoms with Crippen LogP contribution in [0.3, 0.4) is 0 Å². The lowest BCUT2D eigenvalue weighted by Gasteiger charge is -2.25. The van der Waals surface area contributed by atoms with Gasteiger partial charge in [-0.1, -0.05) is 0 Å². The van der Waals surface area contributed by atoms with Gasteiger partial charge in [-0.05, 0) is 51.0 Å². The Labute approximate surface area is 174 Å². The van der Waals surface area contributed by atoms with Crippen molar-refractivity contribution in [3.8, 4) is 0 Å². The van der Waals surface area contributed by atoms with Crippen LogP contribution >= 0.6 is 11.3 Å². The molecule has 150 valence electrons. The minimum atomic E-state index is -0.0350. The molecule has 3 aromatic rings. The van der Waals surface area contributed by atoms with E-state index in [1.54, 1.807) is 36.7 Å². The lowest BCUT2D eigenvalue weighted by atomic mass is 10.1. The molecule has 1 fully saturated rings. The average Bonchev–Trinajstić information content (AvgIpc) is 3.36. The molecule has 4 rings (SSSR count). The first kappa shape index (κ1) is 19.3. The van der Waals surface area contributed by atoms with Crippen molar-refractivity contribution in [2.75, 3.05) is 24.2 Å². The number of hydrogen-bond acceptors (Lipinski definition) is 7. The standard InChI is InChI=1S/C21H24N6OS/c1-13-9-16(26-21-25-14(2)12-29-21)11-17(24-13)18-5-4-8-27(18)20(28)15-6-7-23-19(10-15)22-3/h6-7,9-12,18H,4-5,8H2,1-3H3,(H,22,23)(H,24,25,26). The van der Waals surface area contributed by atoms with E-state index in [1.807, 2.05) is 36.3 Å². The topological polar surface area (TPSA) is 83.0 Å². The Balaban J connectivity index is 1.60. The van der Waals surface area contributed by atoms with Crippen molar-refractivity contribution in [2.45, 2.75) is 32.7 Å². The molecule has 0 spiro atoms. The van der Waals surface area contributed by atoms with Crippen LogP contribution in [0.1, 0.15) is 46.3 Å². The third kappa shape index (κ3) is 4.22. The fourth-order valence-corrected chi connectivity index (χ4v) is 4.36. The van der Waals surface area contributed by atoms with E-state index in [0.29, 0.717) is 11.4 Å². The highest BCUT2D eigenvalue weighted by Crippen LogP contribution is 2.34. The van der Waals surface area contributed by atoms with Gasteiger partial charge in [0.05, 0.1) is 17.4 Å². The summed E-state index contributed by atoms with van der Waals surface area (Å²) in [6.07, 6.45) is 3.53. The molecule has 4 heterocycles. The van der Waals surface area contributed by atoms with E-state index < -0.39 is 0 Å². The number of thiazole rings is 1. The number of carbonyl (C=O) groups excluding carboxylic acids is 1. The maximum atomic E-state index is 13.2. The molecule has 1 amide bonds. The van der Waals surface area contributed by atoms with Crippen LogP contribution in [0, 0.1) is 13.8 Å². The number of aryl methyl sites for hydroxylation is 2. The molecule has 0 aliphatic carbocycles. The van der Waals surface area contributed by atoms with Crippen LogP contribution < -0.4 is 10.6 Å². The Morgan fingerprint density at radius 1 is 1.21 bits per heavy atom. The first-order valence-electron chi connectivity index (χ1n) is 9.66. The van der Waals surface area contributed by atoms with Crippen molar-refractivity contribution < 1.29 is 4.79 Å². The van der Waals surface area contributed by atoms with Gasteiger partial charge in [0, 0.05) is 42.1 Å². The third-order valence-electron chi connectivity index (χ3n) is 4.96. The molecule has 0 radical (unpaired) electrons. The van der Waals surface area contributed by atoms with Crippen molar-refractivity contribution in [1.82, 2.24) is 19.9 Å². The van der Waals surface area contributed by atoms with Gasteiger partial charge in [0.15, 0.2) is 5.13 Å². The highest BCUT2D eigenvalue weighted by Gasteiger charge is 2.32. The predicted octanol–water partition coefficient (Wildman–Crippen LogP) is 4.31. The summed E-state index contributed by atoms with van der Waals surface area (Å²) in [6, 6.07) is 7.56. The van der Waals surface area contributed by atoms with Crippen molar-refractivity contribution >= 4 is 33.9 Å². The zero-order valence-corrected chi connectivity index (χ0v) is 17.6. The van der Waals surface area contributed by atoms with Crippen molar-refractivity contribution in [3.05, 3.63) is 58.5 Å². The quantitative estimate of drug-likeness (QED) is 0.654. The number of pyridine rings is 2. The molecule has 1 saturated heterocycles. The maximum absolute atomic E-state index is 13.2. The molecule has 8 heteroatoms. The smallest absolute Gasteiger partial charge is 0.254 e. The van der Waals surface area contributed by atoms with Crippen LogP contribution in [0.4, 0.5) is 16.6 Å². The molecule has 0 saturated carbocycles. The molecule has 0 bridgehead atoms.